The van der Waals surface area contributed by atoms with Gasteiger partial charge < -0.3 is 5.11 Å². The van der Waals surface area contributed by atoms with E-state index in [-0.39, 0.29) is 0 Å². The van der Waals surface area contributed by atoms with E-state index in [2.05, 4.69) is 13.8 Å². The third-order valence-corrected chi connectivity index (χ3v) is 5.68. The van der Waals surface area contributed by atoms with Crippen molar-refractivity contribution in [1.29, 1.82) is 0 Å². The van der Waals surface area contributed by atoms with Gasteiger partial charge in [0.05, 0.1) is 0 Å². The first kappa shape index (κ1) is 25.5. The van der Waals surface area contributed by atoms with Gasteiger partial charge in [-0.3, -0.25) is 4.79 Å². The summed E-state index contributed by atoms with van der Waals surface area (Å²) in [7, 11) is 0. The summed E-state index contributed by atoms with van der Waals surface area (Å²) in [4.78, 5) is 10.5. The van der Waals surface area contributed by atoms with Crippen LogP contribution in [-0.2, 0) is 4.79 Å². The Morgan fingerprint density at radius 1 is 0.577 bits per heavy atom. The van der Waals surface area contributed by atoms with Crippen LogP contribution in [0.2, 0.25) is 0 Å². The molecule has 0 aromatic carbocycles. The molecule has 0 saturated carbocycles. The second-order valence-electron chi connectivity index (χ2n) is 8.33. The Morgan fingerprint density at radius 3 is 1.31 bits per heavy atom. The molecule has 0 aromatic rings. The van der Waals surface area contributed by atoms with Crippen molar-refractivity contribution in [2.75, 3.05) is 0 Å². The molecule has 0 aliphatic carbocycles. The van der Waals surface area contributed by atoms with Crippen LogP contribution in [0.5, 0.6) is 0 Å². The molecular formula is C24H48O2. The summed E-state index contributed by atoms with van der Waals surface area (Å²) >= 11 is 0. The largest absolute Gasteiger partial charge is 0.481 e. The molecule has 0 bridgehead atoms. The van der Waals surface area contributed by atoms with Gasteiger partial charge in [0, 0.05) is 6.42 Å². The number of hydrogen-bond acceptors (Lipinski definition) is 1. The van der Waals surface area contributed by atoms with Gasteiger partial charge in [-0.2, -0.15) is 0 Å². The highest BCUT2D eigenvalue weighted by atomic mass is 16.4. The average molecular weight is 369 g/mol. The molecule has 0 spiro atoms. The first-order valence-corrected chi connectivity index (χ1v) is 11.9. The van der Waals surface area contributed by atoms with E-state index in [1.165, 1.54) is 109 Å². The minimum atomic E-state index is -0.646. The van der Waals surface area contributed by atoms with E-state index in [1.807, 2.05) is 0 Å². The zero-order chi connectivity index (χ0) is 19.3. The van der Waals surface area contributed by atoms with Crippen molar-refractivity contribution in [1.82, 2.24) is 0 Å². The quantitative estimate of drug-likeness (QED) is 0.206. The van der Waals surface area contributed by atoms with Crippen molar-refractivity contribution in [3.63, 3.8) is 0 Å². The highest BCUT2D eigenvalue weighted by Gasteiger charge is 2.08. The van der Waals surface area contributed by atoms with Crippen molar-refractivity contribution in [2.24, 2.45) is 5.92 Å². The van der Waals surface area contributed by atoms with Crippen molar-refractivity contribution in [3.8, 4) is 0 Å². The maximum absolute atomic E-state index is 10.5. The molecule has 1 atom stereocenters. The standard InChI is InChI=1S/C24H48O2/c1-3-5-7-9-12-16-20-23(19-15-11-8-6-4-2)21-17-13-10-14-18-22-24(25)26/h23H,3-22H2,1-2H3,(H,25,26). The van der Waals surface area contributed by atoms with E-state index in [9.17, 15) is 4.79 Å². The second kappa shape index (κ2) is 20.8. The lowest BCUT2D eigenvalue weighted by atomic mass is 9.89. The third-order valence-electron chi connectivity index (χ3n) is 5.68. The summed E-state index contributed by atoms with van der Waals surface area (Å²) in [6, 6.07) is 0. The summed E-state index contributed by atoms with van der Waals surface area (Å²) in [6.45, 7) is 4.58. The van der Waals surface area contributed by atoms with Gasteiger partial charge in [0.2, 0.25) is 0 Å². The van der Waals surface area contributed by atoms with Crippen molar-refractivity contribution < 1.29 is 9.90 Å². The summed E-state index contributed by atoms with van der Waals surface area (Å²) in [5.74, 6) is 0.300. The molecule has 0 rings (SSSR count). The van der Waals surface area contributed by atoms with Crippen LogP contribution >= 0.6 is 0 Å². The number of aliphatic carboxylic acids is 1. The molecule has 0 aliphatic heterocycles. The lowest BCUT2D eigenvalue weighted by Crippen LogP contribution is -2.02. The van der Waals surface area contributed by atoms with Crippen LogP contribution in [0.15, 0.2) is 0 Å². The Labute approximate surface area is 164 Å². The first-order chi connectivity index (χ1) is 12.7. The van der Waals surface area contributed by atoms with Gasteiger partial charge in [-0.25, -0.2) is 0 Å². The van der Waals surface area contributed by atoms with Gasteiger partial charge >= 0.3 is 5.97 Å². The van der Waals surface area contributed by atoms with Gasteiger partial charge in [-0.1, -0.05) is 129 Å². The maximum atomic E-state index is 10.5. The van der Waals surface area contributed by atoms with Crippen LogP contribution in [0, 0.1) is 5.92 Å². The van der Waals surface area contributed by atoms with Crippen LogP contribution in [0.3, 0.4) is 0 Å². The summed E-state index contributed by atoms with van der Waals surface area (Å²) in [5, 5.41) is 8.68. The predicted molar refractivity (Wildman–Crippen MR) is 115 cm³/mol. The minimum absolute atomic E-state index is 0.346. The molecular weight excluding hydrogens is 320 g/mol. The number of rotatable bonds is 21. The van der Waals surface area contributed by atoms with Crippen LogP contribution in [0.25, 0.3) is 0 Å². The Morgan fingerprint density at radius 2 is 0.923 bits per heavy atom. The molecule has 0 aliphatic rings. The molecule has 0 saturated heterocycles. The lowest BCUT2D eigenvalue weighted by Gasteiger charge is -2.17. The van der Waals surface area contributed by atoms with Crippen molar-refractivity contribution in [3.05, 3.63) is 0 Å². The summed E-state index contributed by atoms with van der Waals surface area (Å²) in [6.07, 6.45) is 25.9. The van der Waals surface area contributed by atoms with Crippen molar-refractivity contribution >= 4 is 5.97 Å². The van der Waals surface area contributed by atoms with Crippen LogP contribution in [0.1, 0.15) is 142 Å². The number of carbonyl (C=O) groups is 1. The van der Waals surface area contributed by atoms with E-state index >= 15 is 0 Å². The summed E-state index contributed by atoms with van der Waals surface area (Å²) < 4.78 is 0. The predicted octanol–water partition coefficient (Wildman–Crippen LogP) is 8.53. The topological polar surface area (TPSA) is 37.3 Å². The molecule has 2 heteroatoms. The molecule has 0 amide bonds. The second-order valence-corrected chi connectivity index (χ2v) is 8.33. The zero-order valence-corrected chi connectivity index (χ0v) is 18.1. The fourth-order valence-electron chi connectivity index (χ4n) is 3.92. The van der Waals surface area contributed by atoms with E-state index in [1.54, 1.807) is 0 Å². The minimum Gasteiger partial charge on any atom is -0.481 e. The molecule has 0 radical (unpaired) electrons. The molecule has 0 fully saturated rings. The highest BCUT2D eigenvalue weighted by Crippen LogP contribution is 2.24. The van der Waals surface area contributed by atoms with Gasteiger partial charge in [-0.05, 0) is 12.3 Å². The van der Waals surface area contributed by atoms with E-state index in [4.69, 9.17) is 5.11 Å². The Kier molecular flexibility index (Phi) is 20.4. The van der Waals surface area contributed by atoms with Gasteiger partial charge in [-0.15, -0.1) is 0 Å². The van der Waals surface area contributed by atoms with Crippen molar-refractivity contribution in [2.45, 2.75) is 142 Å². The van der Waals surface area contributed by atoms with Crippen LogP contribution in [-0.4, -0.2) is 11.1 Å². The Bertz CT molecular complexity index is 288. The number of carboxylic acids is 1. The number of unbranched alkanes of at least 4 members (excludes halogenated alkanes) is 13. The molecule has 2 nitrogen and oxygen atoms in total. The fraction of sp³-hybridized carbons (Fsp3) is 0.958. The SMILES string of the molecule is CCCCCCCCC(CCCCCCC)CCCCCCCC(=O)O. The van der Waals surface area contributed by atoms with E-state index in [0.29, 0.717) is 6.42 Å². The smallest absolute Gasteiger partial charge is 0.303 e. The first-order valence-electron chi connectivity index (χ1n) is 11.9. The molecule has 156 valence electrons. The van der Waals surface area contributed by atoms with Gasteiger partial charge in [0.1, 0.15) is 0 Å². The maximum Gasteiger partial charge on any atom is 0.303 e. The Balaban J connectivity index is 3.78. The number of carboxylic acid groups (broad SMARTS) is 1. The monoisotopic (exact) mass is 368 g/mol. The summed E-state index contributed by atoms with van der Waals surface area (Å²) in [5.41, 5.74) is 0. The number of hydrogen-bond donors (Lipinski definition) is 1. The molecule has 1 N–H and O–H groups in total. The highest BCUT2D eigenvalue weighted by molar-refractivity contribution is 5.66. The molecule has 0 aromatic heterocycles. The van der Waals surface area contributed by atoms with Crippen LogP contribution < -0.4 is 0 Å². The average Bonchev–Trinajstić information content (AvgIpc) is 2.62. The lowest BCUT2D eigenvalue weighted by molar-refractivity contribution is -0.137. The molecule has 0 heterocycles. The van der Waals surface area contributed by atoms with E-state index < -0.39 is 5.97 Å². The van der Waals surface area contributed by atoms with Gasteiger partial charge in [0.25, 0.3) is 0 Å². The molecule has 26 heavy (non-hydrogen) atoms. The molecule has 1 unspecified atom stereocenters. The zero-order valence-electron chi connectivity index (χ0n) is 18.1. The normalized spacial score (nSPS) is 12.4. The van der Waals surface area contributed by atoms with E-state index in [0.717, 1.165) is 18.8 Å². The third kappa shape index (κ3) is 19.8. The van der Waals surface area contributed by atoms with Gasteiger partial charge in [0.15, 0.2) is 0 Å². The van der Waals surface area contributed by atoms with Crippen LogP contribution in [0.4, 0.5) is 0 Å². The Hall–Kier alpha value is -0.530. The fourth-order valence-corrected chi connectivity index (χ4v) is 3.92.